The quantitative estimate of drug-likeness (QED) is 0.431. The van der Waals surface area contributed by atoms with E-state index in [1.807, 2.05) is 0 Å². The van der Waals surface area contributed by atoms with Gasteiger partial charge >= 0.3 is 0 Å². The van der Waals surface area contributed by atoms with Gasteiger partial charge in [-0.3, -0.25) is 4.79 Å². The molecule has 26 heavy (non-hydrogen) atoms. The van der Waals surface area contributed by atoms with Crippen LogP contribution >= 0.6 is 23.4 Å². The summed E-state index contributed by atoms with van der Waals surface area (Å²) < 4.78 is 36.9. The van der Waals surface area contributed by atoms with Crippen LogP contribution in [0.2, 0.25) is 5.02 Å². The minimum absolute atomic E-state index is 0.0508. The zero-order valence-electron chi connectivity index (χ0n) is 13.1. The predicted molar refractivity (Wildman–Crippen MR) is 91.5 cm³/mol. The summed E-state index contributed by atoms with van der Waals surface area (Å²) in [7, 11) is 0. The fourth-order valence-electron chi connectivity index (χ4n) is 1.91. The molecule has 0 saturated carbocycles. The molecule has 1 aromatic heterocycles. The van der Waals surface area contributed by atoms with Gasteiger partial charge in [0.15, 0.2) is 24.0 Å². The van der Waals surface area contributed by atoms with Gasteiger partial charge in [-0.2, -0.15) is 0 Å². The van der Waals surface area contributed by atoms with Crippen molar-refractivity contribution in [3.05, 3.63) is 70.6 Å². The van der Waals surface area contributed by atoms with Crippen molar-refractivity contribution in [2.75, 3.05) is 5.75 Å². The van der Waals surface area contributed by atoms with Crippen molar-refractivity contribution in [1.82, 2.24) is 10.2 Å². The summed E-state index contributed by atoms with van der Waals surface area (Å²) in [4.78, 5) is 12.0. The number of thioether (sulfide) groups is 1. The number of aromatic nitrogens is 2. The van der Waals surface area contributed by atoms with E-state index in [-0.39, 0.29) is 34.8 Å². The summed E-state index contributed by atoms with van der Waals surface area (Å²) in [6.07, 6.45) is 0. The fraction of sp³-hybridized carbons (Fsp3) is 0.118. The number of halogens is 3. The van der Waals surface area contributed by atoms with Crippen LogP contribution in [0.3, 0.4) is 0 Å². The molecule has 0 aliphatic rings. The van der Waals surface area contributed by atoms with Gasteiger partial charge in [-0.25, -0.2) is 8.78 Å². The van der Waals surface area contributed by atoms with Gasteiger partial charge in [0.2, 0.25) is 0 Å². The zero-order chi connectivity index (χ0) is 18.5. The lowest BCUT2D eigenvalue weighted by Gasteiger charge is -2.02. The van der Waals surface area contributed by atoms with E-state index in [4.69, 9.17) is 20.8 Å². The summed E-state index contributed by atoms with van der Waals surface area (Å²) in [6, 6.07) is 9.78. The summed E-state index contributed by atoms with van der Waals surface area (Å²) >= 11 is 6.79. The smallest absolute Gasteiger partial charge is 0.277 e. The predicted octanol–water partition coefficient (Wildman–Crippen LogP) is 4.56. The first-order chi connectivity index (χ1) is 12.5. The third-order valence-corrected chi connectivity index (χ3v) is 4.26. The topological polar surface area (TPSA) is 65.2 Å². The third-order valence-electron chi connectivity index (χ3n) is 3.19. The molecule has 0 unspecified atom stereocenters. The van der Waals surface area contributed by atoms with Crippen molar-refractivity contribution in [3.8, 4) is 5.75 Å². The maximum Gasteiger partial charge on any atom is 0.277 e. The molecule has 134 valence electrons. The Balaban J connectivity index is 1.52. The van der Waals surface area contributed by atoms with Crippen LogP contribution in [0.15, 0.2) is 52.1 Å². The lowest BCUT2D eigenvalue weighted by atomic mass is 10.1. The van der Waals surface area contributed by atoms with Gasteiger partial charge in [0.25, 0.3) is 11.1 Å². The van der Waals surface area contributed by atoms with Crippen molar-refractivity contribution in [2.24, 2.45) is 0 Å². The van der Waals surface area contributed by atoms with Crippen LogP contribution in [0.5, 0.6) is 5.75 Å². The second-order valence-corrected chi connectivity index (χ2v) is 6.41. The summed E-state index contributed by atoms with van der Waals surface area (Å²) in [5, 5.41) is 8.39. The summed E-state index contributed by atoms with van der Waals surface area (Å²) in [5.41, 5.74) is 0.0715. The first-order valence-electron chi connectivity index (χ1n) is 7.33. The molecule has 0 radical (unpaired) electrons. The molecule has 3 rings (SSSR count). The van der Waals surface area contributed by atoms with E-state index in [9.17, 15) is 13.6 Å². The molecule has 0 N–H and O–H groups in total. The van der Waals surface area contributed by atoms with Crippen LogP contribution < -0.4 is 4.74 Å². The molecule has 9 heteroatoms. The highest BCUT2D eigenvalue weighted by Gasteiger charge is 2.13. The van der Waals surface area contributed by atoms with Gasteiger partial charge < -0.3 is 9.15 Å². The Labute approximate surface area is 156 Å². The Hall–Kier alpha value is -2.45. The molecule has 0 fully saturated rings. The number of rotatable bonds is 7. The molecule has 0 spiro atoms. The molecule has 3 aromatic rings. The minimum atomic E-state index is -1.07. The number of hydrogen-bond acceptors (Lipinski definition) is 6. The molecular weight excluding hydrogens is 386 g/mol. The van der Waals surface area contributed by atoms with Crippen LogP contribution in [0.4, 0.5) is 8.78 Å². The van der Waals surface area contributed by atoms with Crippen molar-refractivity contribution >= 4 is 29.1 Å². The molecule has 0 bridgehead atoms. The van der Waals surface area contributed by atoms with Gasteiger partial charge in [-0.05, 0) is 42.5 Å². The highest BCUT2D eigenvalue weighted by atomic mass is 35.5. The highest BCUT2D eigenvalue weighted by molar-refractivity contribution is 7.99. The van der Waals surface area contributed by atoms with Crippen LogP contribution in [0.25, 0.3) is 0 Å². The molecule has 0 saturated heterocycles. The number of carbonyl (C=O) groups excluding carboxylic acids is 1. The standard InChI is InChI=1S/C17H11ClF2N2O3S/c18-11-2-4-12(5-3-11)24-8-16-21-22-17(25-16)26-9-15(23)10-1-6-13(19)14(20)7-10/h1-7H,8-9H2. The number of nitrogens with zero attached hydrogens (tertiary/aromatic N) is 2. The molecular formula is C17H11ClF2N2O3S. The monoisotopic (exact) mass is 396 g/mol. The van der Waals surface area contributed by atoms with Gasteiger partial charge in [0.05, 0.1) is 5.75 Å². The third kappa shape index (κ3) is 4.80. The second-order valence-electron chi connectivity index (χ2n) is 5.05. The van der Waals surface area contributed by atoms with Gasteiger partial charge in [0.1, 0.15) is 5.75 Å². The van der Waals surface area contributed by atoms with E-state index < -0.39 is 11.6 Å². The van der Waals surface area contributed by atoms with E-state index >= 15 is 0 Å². The summed E-state index contributed by atoms with van der Waals surface area (Å²) in [6.45, 7) is 0.0618. The maximum atomic E-state index is 13.2. The first-order valence-corrected chi connectivity index (χ1v) is 8.69. The number of benzene rings is 2. The molecule has 5 nitrogen and oxygen atoms in total. The average Bonchev–Trinajstić information content (AvgIpc) is 3.09. The molecule has 0 aliphatic heterocycles. The molecule has 2 aromatic carbocycles. The average molecular weight is 397 g/mol. The van der Waals surface area contributed by atoms with Crippen molar-refractivity contribution < 1.29 is 22.7 Å². The normalized spacial score (nSPS) is 10.7. The van der Waals surface area contributed by atoms with Crippen LogP contribution in [-0.2, 0) is 6.61 Å². The minimum Gasteiger partial charge on any atom is -0.484 e. The maximum absolute atomic E-state index is 13.2. The zero-order valence-corrected chi connectivity index (χ0v) is 14.7. The SMILES string of the molecule is O=C(CSc1nnc(COc2ccc(Cl)cc2)o1)c1ccc(F)c(F)c1. The number of hydrogen-bond donors (Lipinski definition) is 0. The van der Waals surface area contributed by atoms with E-state index in [1.54, 1.807) is 24.3 Å². The first kappa shape index (κ1) is 18.3. The lowest BCUT2D eigenvalue weighted by Crippen LogP contribution is -2.03. The Morgan fingerprint density at radius 1 is 1.12 bits per heavy atom. The summed E-state index contributed by atoms with van der Waals surface area (Å²) in [5.74, 6) is -1.68. The fourth-order valence-corrected chi connectivity index (χ4v) is 2.71. The highest BCUT2D eigenvalue weighted by Crippen LogP contribution is 2.20. The van der Waals surface area contributed by atoms with E-state index in [2.05, 4.69) is 10.2 Å². The van der Waals surface area contributed by atoms with Crippen molar-refractivity contribution in [2.45, 2.75) is 11.8 Å². The molecule has 0 atom stereocenters. The second kappa shape index (κ2) is 8.29. The number of ketones is 1. The molecule has 0 amide bonds. The molecule has 0 aliphatic carbocycles. The molecule has 1 heterocycles. The Morgan fingerprint density at radius 2 is 1.88 bits per heavy atom. The Bertz CT molecular complexity index is 919. The lowest BCUT2D eigenvalue weighted by molar-refractivity contribution is 0.102. The van der Waals surface area contributed by atoms with Crippen molar-refractivity contribution in [3.63, 3.8) is 0 Å². The Kier molecular flexibility index (Phi) is 5.85. The van der Waals surface area contributed by atoms with E-state index in [1.165, 1.54) is 6.07 Å². The van der Waals surface area contributed by atoms with Crippen LogP contribution in [0, 0.1) is 11.6 Å². The van der Waals surface area contributed by atoms with Gasteiger partial charge in [0, 0.05) is 10.6 Å². The van der Waals surface area contributed by atoms with Gasteiger partial charge in [-0.1, -0.05) is 23.4 Å². The van der Waals surface area contributed by atoms with Gasteiger partial charge in [-0.15, -0.1) is 10.2 Å². The number of ether oxygens (including phenoxy) is 1. The van der Waals surface area contributed by atoms with Crippen molar-refractivity contribution in [1.29, 1.82) is 0 Å². The van der Waals surface area contributed by atoms with E-state index in [0.29, 0.717) is 10.8 Å². The van der Waals surface area contributed by atoms with Crippen LogP contribution in [0.1, 0.15) is 16.2 Å². The van der Waals surface area contributed by atoms with Crippen LogP contribution in [-0.4, -0.2) is 21.7 Å². The number of Topliss-reactive ketones (excluding diaryl/α,β-unsaturated/α-hetero) is 1. The largest absolute Gasteiger partial charge is 0.484 e. The van der Waals surface area contributed by atoms with E-state index in [0.717, 1.165) is 23.9 Å². The Morgan fingerprint density at radius 3 is 2.62 bits per heavy atom. The number of carbonyl (C=O) groups is 1.